The van der Waals surface area contributed by atoms with Crippen molar-refractivity contribution in [1.29, 1.82) is 0 Å². The molecule has 0 saturated carbocycles. The molecule has 0 aromatic heterocycles. The summed E-state index contributed by atoms with van der Waals surface area (Å²) < 4.78 is 0. The quantitative estimate of drug-likeness (QED) is 0.874. The van der Waals surface area contributed by atoms with Crippen LogP contribution < -0.4 is 10.6 Å². The Morgan fingerprint density at radius 3 is 2.42 bits per heavy atom. The van der Waals surface area contributed by atoms with Gasteiger partial charge in [-0.3, -0.25) is 9.59 Å². The van der Waals surface area contributed by atoms with E-state index in [0.717, 1.165) is 16.9 Å². The van der Waals surface area contributed by atoms with Crippen LogP contribution in [0.25, 0.3) is 0 Å². The molecule has 1 aliphatic rings. The Hall–Kier alpha value is -2.62. The molecule has 1 heterocycles. The van der Waals surface area contributed by atoms with E-state index in [9.17, 15) is 9.59 Å². The van der Waals surface area contributed by atoms with Crippen LogP contribution in [-0.2, 0) is 16.6 Å². The number of carbonyl (C=O) groups is 2. The van der Waals surface area contributed by atoms with Crippen molar-refractivity contribution in [2.45, 2.75) is 39.0 Å². The van der Waals surface area contributed by atoms with Crippen molar-refractivity contribution in [3.63, 3.8) is 0 Å². The summed E-state index contributed by atoms with van der Waals surface area (Å²) in [6.45, 7) is 6.44. The lowest BCUT2D eigenvalue weighted by Gasteiger charge is -2.19. The van der Waals surface area contributed by atoms with E-state index in [1.54, 1.807) is 0 Å². The third kappa shape index (κ3) is 3.48. The zero-order valence-corrected chi connectivity index (χ0v) is 14.3. The lowest BCUT2D eigenvalue weighted by molar-refractivity contribution is -0.116. The van der Waals surface area contributed by atoms with E-state index in [2.05, 4.69) is 31.4 Å². The molecular formula is C20H22N2O2. The van der Waals surface area contributed by atoms with Crippen LogP contribution in [0.1, 0.15) is 48.7 Å². The van der Waals surface area contributed by atoms with Crippen LogP contribution in [-0.4, -0.2) is 11.8 Å². The van der Waals surface area contributed by atoms with Gasteiger partial charge in [-0.25, -0.2) is 0 Å². The van der Waals surface area contributed by atoms with Crippen molar-refractivity contribution in [2.24, 2.45) is 0 Å². The topological polar surface area (TPSA) is 58.2 Å². The SMILES string of the molecule is CC(C)(C)c1ccc(C(=O)Nc2ccc3c(c2)CCC(=O)N3)cc1. The summed E-state index contributed by atoms with van der Waals surface area (Å²) in [4.78, 5) is 23.8. The fourth-order valence-electron chi connectivity index (χ4n) is 2.79. The zero-order valence-electron chi connectivity index (χ0n) is 14.3. The average Bonchev–Trinajstić information content (AvgIpc) is 2.54. The Balaban J connectivity index is 1.74. The smallest absolute Gasteiger partial charge is 0.255 e. The maximum Gasteiger partial charge on any atom is 0.255 e. The van der Waals surface area contributed by atoms with E-state index in [1.165, 1.54) is 5.56 Å². The summed E-state index contributed by atoms with van der Waals surface area (Å²) in [6.07, 6.45) is 1.18. The monoisotopic (exact) mass is 322 g/mol. The first kappa shape index (κ1) is 16.2. The predicted octanol–water partition coefficient (Wildman–Crippen LogP) is 4.12. The Kier molecular flexibility index (Phi) is 4.14. The summed E-state index contributed by atoms with van der Waals surface area (Å²) in [5.74, 6) is -0.0894. The fourth-order valence-corrected chi connectivity index (χ4v) is 2.79. The van der Waals surface area contributed by atoms with Gasteiger partial charge in [0, 0.05) is 23.4 Å². The Morgan fingerprint density at radius 1 is 1.04 bits per heavy atom. The van der Waals surface area contributed by atoms with Gasteiger partial charge in [0.15, 0.2) is 0 Å². The van der Waals surface area contributed by atoms with E-state index < -0.39 is 0 Å². The molecule has 2 aromatic rings. The number of anilines is 2. The number of hydrogen-bond donors (Lipinski definition) is 2. The summed E-state index contributed by atoms with van der Waals surface area (Å²) in [5, 5.41) is 5.77. The van der Waals surface area contributed by atoms with Crippen LogP contribution in [0.15, 0.2) is 42.5 Å². The number of amides is 2. The second-order valence-electron chi connectivity index (χ2n) is 7.20. The molecule has 2 N–H and O–H groups in total. The third-order valence-electron chi connectivity index (χ3n) is 4.27. The summed E-state index contributed by atoms with van der Waals surface area (Å²) in [7, 11) is 0. The van der Waals surface area contributed by atoms with Gasteiger partial charge in [0.2, 0.25) is 5.91 Å². The van der Waals surface area contributed by atoms with Gasteiger partial charge in [-0.1, -0.05) is 32.9 Å². The normalized spacial score (nSPS) is 13.9. The maximum absolute atomic E-state index is 12.4. The average molecular weight is 322 g/mol. The molecule has 0 unspecified atom stereocenters. The molecule has 0 saturated heterocycles. The highest BCUT2D eigenvalue weighted by molar-refractivity contribution is 6.04. The second-order valence-corrected chi connectivity index (χ2v) is 7.20. The Morgan fingerprint density at radius 2 is 1.75 bits per heavy atom. The molecular weight excluding hydrogens is 300 g/mol. The summed E-state index contributed by atoms with van der Waals surface area (Å²) >= 11 is 0. The molecule has 2 amide bonds. The van der Waals surface area contributed by atoms with Crippen LogP contribution in [0.5, 0.6) is 0 Å². The minimum Gasteiger partial charge on any atom is -0.326 e. The van der Waals surface area contributed by atoms with Crippen LogP contribution in [0.2, 0.25) is 0 Å². The first-order valence-electron chi connectivity index (χ1n) is 8.17. The number of nitrogens with one attached hydrogen (secondary N) is 2. The number of carbonyl (C=O) groups excluding carboxylic acids is 2. The van der Waals surface area contributed by atoms with Crippen LogP contribution in [0.3, 0.4) is 0 Å². The molecule has 0 spiro atoms. The number of aryl methyl sites for hydroxylation is 1. The Bertz CT molecular complexity index is 786. The lowest BCUT2D eigenvalue weighted by Crippen LogP contribution is -2.19. The fraction of sp³-hybridized carbons (Fsp3) is 0.300. The highest BCUT2D eigenvalue weighted by Crippen LogP contribution is 2.26. The van der Waals surface area contributed by atoms with Crippen molar-refractivity contribution < 1.29 is 9.59 Å². The molecule has 1 aliphatic heterocycles. The van der Waals surface area contributed by atoms with Crippen molar-refractivity contribution in [2.75, 3.05) is 10.6 Å². The van der Waals surface area contributed by atoms with E-state index in [-0.39, 0.29) is 17.2 Å². The van der Waals surface area contributed by atoms with Gasteiger partial charge in [0.05, 0.1) is 0 Å². The highest BCUT2D eigenvalue weighted by atomic mass is 16.2. The molecule has 4 heteroatoms. The first-order valence-corrected chi connectivity index (χ1v) is 8.17. The van der Waals surface area contributed by atoms with Gasteiger partial charge in [-0.05, 0) is 53.3 Å². The number of benzene rings is 2. The Labute approximate surface area is 142 Å². The molecule has 4 nitrogen and oxygen atoms in total. The second kappa shape index (κ2) is 6.11. The zero-order chi connectivity index (χ0) is 17.3. The molecule has 2 aromatic carbocycles. The van der Waals surface area contributed by atoms with Gasteiger partial charge in [0.25, 0.3) is 5.91 Å². The number of rotatable bonds is 2. The number of fused-ring (bicyclic) bond motifs is 1. The molecule has 0 radical (unpaired) electrons. The van der Waals surface area contributed by atoms with Gasteiger partial charge in [0.1, 0.15) is 0 Å². The van der Waals surface area contributed by atoms with Crippen molar-refractivity contribution >= 4 is 23.2 Å². The van der Waals surface area contributed by atoms with Crippen molar-refractivity contribution in [3.8, 4) is 0 Å². The van der Waals surface area contributed by atoms with Crippen LogP contribution in [0.4, 0.5) is 11.4 Å². The van der Waals surface area contributed by atoms with E-state index >= 15 is 0 Å². The highest BCUT2D eigenvalue weighted by Gasteiger charge is 2.16. The van der Waals surface area contributed by atoms with Gasteiger partial charge < -0.3 is 10.6 Å². The van der Waals surface area contributed by atoms with Gasteiger partial charge in [-0.15, -0.1) is 0 Å². The molecule has 3 rings (SSSR count). The third-order valence-corrected chi connectivity index (χ3v) is 4.27. The van der Waals surface area contributed by atoms with E-state index in [1.807, 2.05) is 42.5 Å². The predicted molar refractivity (Wildman–Crippen MR) is 96.5 cm³/mol. The number of hydrogen-bond acceptors (Lipinski definition) is 2. The first-order chi connectivity index (χ1) is 11.3. The molecule has 0 atom stereocenters. The lowest BCUT2D eigenvalue weighted by atomic mass is 9.87. The van der Waals surface area contributed by atoms with Crippen molar-refractivity contribution in [3.05, 3.63) is 59.2 Å². The van der Waals surface area contributed by atoms with Crippen LogP contribution in [0, 0.1) is 0 Å². The molecule has 124 valence electrons. The van der Waals surface area contributed by atoms with Crippen LogP contribution >= 0.6 is 0 Å². The van der Waals surface area contributed by atoms with Gasteiger partial charge in [-0.2, -0.15) is 0 Å². The van der Waals surface area contributed by atoms with Gasteiger partial charge >= 0.3 is 0 Å². The maximum atomic E-state index is 12.4. The molecule has 0 aliphatic carbocycles. The summed E-state index contributed by atoms with van der Waals surface area (Å²) in [5.41, 5.74) is 4.53. The summed E-state index contributed by atoms with van der Waals surface area (Å²) in [6, 6.07) is 13.3. The molecule has 0 bridgehead atoms. The largest absolute Gasteiger partial charge is 0.326 e. The van der Waals surface area contributed by atoms with E-state index in [4.69, 9.17) is 0 Å². The standard InChI is InChI=1S/C20H22N2O2/c1-20(2,3)15-7-4-13(5-8-15)19(24)21-16-9-10-17-14(12-16)6-11-18(23)22-17/h4-5,7-10,12H,6,11H2,1-3H3,(H,21,24)(H,22,23). The van der Waals surface area contributed by atoms with Crippen molar-refractivity contribution in [1.82, 2.24) is 0 Å². The molecule has 0 fully saturated rings. The van der Waals surface area contributed by atoms with E-state index in [0.29, 0.717) is 18.4 Å². The minimum atomic E-state index is -0.129. The molecule has 24 heavy (non-hydrogen) atoms. The minimum absolute atomic E-state index is 0.0400.